The smallest absolute Gasteiger partial charge is 0.157 e. The van der Waals surface area contributed by atoms with E-state index in [4.69, 9.17) is 13.9 Å². The van der Waals surface area contributed by atoms with E-state index in [-0.39, 0.29) is 0 Å². The number of morpholine rings is 2. The van der Waals surface area contributed by atoms with Gasteiger partial charge in [0.05, 0.1) is 32.6 Å². The number of rotatable bonds is 5. The fourth-order valence-electron chi connectivity index (χ4n) is 2.64. The SMILES string of the molecule is CN(C)N=Cc1ccc(P(N2CCOCC2)N2CCOCC2)o1. The van der Waals surface area contributed by atoms with E-state index in [2.05, 4.69) is 20.5 Å². The molecule has 0 radical (unpaired) electrons. The summed E-state index contributed by atoms with van der Waals surface area (Å²) in [6.45, 7) is 6.96. The largest absolute Gasteiger partial charge is 0.453 e. The van der Waals surface area contributed by atoms with Crippen molar-refractivity contribution < 1.29 is 13.9 Å². The van der Waals surface area contributed by atoms with Crippen molar-refractivity contribution in [3.05, 3.63) is 17.9 Å². The van der Waals surface area contributed by atoms with Crippen molar-refractivity contribution >= 4 is 19.9 Å². The van der Waals surface area contributed by atoms with Gasteiger partial charge in [-0.15, -0.1) is 0 Å². The van der Waals surface area contributed by atoms with E-state index in [1.165, 1.54) is 0 Å². The van der Waals surface area contributed by atoms with E-state index < -0.39 is 8.22 Å². The molecule has 0 aromatic carbocycles. The third-order valence-electron chi connectivity index (χ3n) is 3.74. The van der Waals surface area contributed by atoms with Crippen molar-refractivity contribution in [1.82, 2.24) is 14.3 Å². The lowest BCUT2D eigenvalue weighted by Crippen LogP contribution is -2.43. The minimum Gasteiger partial charge on any atom is -0.453 e. The van der Waals surface area contributed by atoms with Crippen LogP contribution >= 0.6 is 8.22 Å². The molecule has 0 bridgehead atoms. The van der Waals surface area contributed by atoms with E-state index in [1.807, 2.05) is 20.2 Å². The average molecular weight is 340 g/mol. The van der Waals surface area contributed by atoms with Crippen molar-refractivity contribution in [3.8, 4) is 0 Å². The molecule has 0 atom stereocenters. The number of hydrogen-bond acceptors (Lipinski definition) is 7. The molecular weight excluding hydrogens is 315 g/mol. The van der Waals surface area contributed by atoms with Crippen LogP contribution in [0.2, 0.25) is 0 Å². The zero-order valence-corrected chi connectivity index (χ0v) is 14.7. The normalized spacial score (nSPS) is 21.3. The van der Waals surface area contributed by atoms with Crippen molar-refractivity contribution in [3.63, 3.8) is 0 Å². The summed E-state index contributed by atoms with van der Waals surface area (Å²) in [5.74, 6) is 0.794. The second-order valence-corrected chi connectivity index (χ2v) is 7.84. The predicted molar refractivity (Wildman–Crippen MR) is 91.3 cm³/mol. The Kier molecular flexibility index (Phi) is 6.02. The Morgan fingerprint density at radius 3 is 2.09 bits per heavy atom. The Balaban J connectivity index is 1.79. The predicted octanol–water partition coefficient (Wildman–Crippen LogP) is 0.777. The third kappa shape index (κ3) is 4.52. The van der Waals surface area contributed by atoms with Gasteiger partial charge in [-0.3, -0.25) is 9.34 Å². The highest BCUT2D eigenvalue weighted by atomic mass is 31.1. The first-order chi connectivity index (χ1) is 11.2. The summed E-state index contributed by atoms with van der Waals surface area (Å²) >= 11 is 0. The summed E-state index contributed by atoms with van der Waals surface area (Å²) in [5, 5.41) is 6.01. The van der Waals surface area contributed by atoms with Crippen LogP contribution in [0.15, 0.2) is 21.7 Å². The molecule has 0 saturated carbocycles. The summed E-state index contributed by atoms with van der Waals surface area (Å²) in [4.78, 5) is 0. The first-order valence-corrected chi connectivity index (χ1v) is 9.25. The van der Waals surface area contributed by atoms with Gasteiger partial charge in [-0.25, -0.2) is 0 Å². The molecule has 1 aromatic rings. The molecule has 7 nitrogen and oxygen atoms in total. The van der Waals surface area contributed by atoms with Crippen molar-refractivity contribution in [2.75, 3.05) is 66.7 Å². The Hall–Kier alpha value is -0.980. The zero-order valence-electron chi connectivity index (χ0n) is 13.8. The fourth-order valence-corrected chi connectivity index (χ4v) is 5.03. The molecule has 0 unspecified atom stereocenters. The van der Waals surface area contributed by atoms with Crippen LogP contribution in [0.4, 0.5) is 0 Å². The molecule has 0 N–H and O–H groups in total. The molecule has 23 heavy (non-hydrogen) atoms. The van der Waals surface area contributed by atoms with Crippen LogP contribution in [0.25, 0.3) is 0 Å². The van der Waals surface area contributed by atoms with Crippen LogP contribution in [0.5, 0.6) is 0 Å². The van der Waals surface area contributed by atoms with Gasteiger partial charge in [0.2, 0.25) is 0 Å². The van der Waals surface area contributed by atoms with Crippen LogP contribution in [0, 0.1) is 0 Å². The number of hydrazone groups is 1. The summed E-state index contributed by atoms with van der Waals surface area (Å²) in [5.41, 5.74) is 1.03. The monoisotopic (exact) mass is 340 g/mol. The van der Waals surface area contributed by atoms with Crippen molar-refractivity contribution in [2.45, 2.75) is 0 Å². The molecule has 8 heteroatoms. The number of hydrogen-bond donors (Lipinski definition) is 0. The molecule has 3 heterocycles. The highest BCUT2D eigenvalue weighted by Gasteiger charge is 2.32. The topological polar surface area (TPSA) is 53.7 Å². The van der Waals surface area contributed by atoms with E-state index in [9.17, 15) is 0 Å². The van der Waals surface area contributed by atoms with Gasteiger partial charge in [0, 0.05) is 40.3 Å². The molecule has 0 aliphatic carbocycles. The van der Waals surface area contributed by atoms with Crippen LogP contribution in [-0.4, -0.2) is 87.3 Å². The highest BCUT2D eigenvalue weighted by molar-refractivity contribution is 7.60. The molecule has 0 amide bonds. The van der Waals surface area contributed by atoms with Gasteiger partial charge in [-0.05, 0) is 12.1 Å². The van der Waals surface area contributed by atoms with E-state index in [0.29, 0.717) is 0 Å². The quantitative estimate of drug-likeness (QED) is 0.449. The Bertz CT molecular complexity index is 493. The lowest BCUT2D eigenvalue weighted by molar-refractivity contribution is 0.0590. The Morgan fingerprint density at radius 2 is 1.57 bits per heavy atom. The number of nitrogens with zero attached hydrogens (tertiary/aromatic N) is 4. The van der Waals surface area contributed by atoms with Gasteiger partial charge in [0.15, 0.2) is 5.50 Å². The van der Waals surface area contributed by atoms with Crippen LogP contribution in [0.3, 0.4) is 0 Å². The maximum Gasteiger partial charge on any atom is 0.157 e. The second kappa shape index (κ2) is 8.22. The minimum atomic E-state index is -0.633. The first-order valence-electron chi connectivity index (χ1n) is 8.00. The first kappa shape index (κ1) is 16.9. The minimum absolute atomic E-state index is 0.633. The highest BCUT2D eigenvalue weighted by Crippen LogP contribution is 2.44. The van der Waals surface area contributed by atoms with Gasteiger partial charge in [-0.1, -0.05) is 0 Å². The van der Waals surface area contributed by atoms with Gasteiger partial charge in [0.1, 0.15) is 14.0 Å². The molecule has 3 rings (SSSR count). The molecule has 1 aromatic heterocycles. The molecule has 2 aliphatic rings. The zero-order chi connectivity index (χ0) is 16.1. The lowest BCUT2D eigenvalue weighted by atomic mass is 10.5. The lowest BCUT2D eigenvalue weighted by Gasteiger charge is -2.40. The number of ether oxygens (including phenoxy) is 2. The third-order valence-corrected chi connectivity index (χ3v) is 6.24. The molecular formula is C15H25N4O3P. The Labute approximate surface area is 138 Å². The molecule has 2 fully saturated rings. The summed E-state index contributed by atoms with van der Waals surface area (Å²) < 4.78 is 22.1. The van der Waals surface area contributed by atoms with Gasteiger partial charge in [-0.2, -0.15) is 5.10 Å². The van der Waals surface area contributed by atoms with Gasteiger partial charge in [0.25, 0.3) is 0 Å². The van der Waals surface area contributed by atoms with E-state index >= 15 is 0 Å². The maximum atomic E-state index is 6.09. The maximum absolute atomic E-state index is 6.09. The second-order valence-electron chi connectivity index (χ2n) is 5.69. The van der Waals surface area contributed by atoms with Crippen molar-refractivity contribution in [2.24, 2.45) is 5.10 Å². The van der Waals surface area contributed by atoms with Crippen LogP contribution < -0.4 is 5.50 Å². The van der Waals surface area contributed by atoms with Gasteiger partial charge >= 0.3 is 0 Å². The fraction of sp³-hybridized carbons (Fsp3) is 0.667. The summed E-state index contributed by atoms with van der Waals surface area (Å²) in [7, 11) is 3.16. The van der Waals surface area contributed by atoms with E-state index in [1.54, 1.807) is 11.2 Å². The van der Waals surface area contributed by atoms with Crippen LogP contribution in [-0.2, 0) is 9.47 Å². The number of furan rings is 1. The molecule has 2 aliphatic heterocycles. The standard InChI is InChI=1S/C15H25N4O3P/c1-17(2)16-13-14-3-4-15(22-14)23(18-5-9-20-10-6-18)19-7-11-21-12-8-19/h3-4,13H,5-12H2,1-2H3. The molecule has 2 saturated heterocycles. The van der Waals surface area contributed by atoms with Crippen molar-refractivity contribution in [1.29, 1.82) is 0 Å². The summed E-state index contributed by atoms with van der Waals surface area (Å²) in [6, 6.07) is 4.09. The Morgan fingerprint density at radius 1 is 1.00 bits per heavy atom. The van der Waals surface area contributed by atoms with E-state index in [0.717, 1.165) is 63.9 Å². The molecule has 0 spiro atoms. The van der Waals surface area contributed by atoms with Gasteiger partial charge < -0.3 is 18.9 Å². The average Bonchev–Trinajstić information content (AvgIpc) is 3.04. The molecule has 128 valence electrons. The van der Waals surface area contributed by atoms with Crippen LogP contribution in [0.1, 0.15) is 5.76 Å². The summed E-state index contributed by atoms with van der Waals surface area (Å²) in [6.07, 6.45) is 1.76.